The molecule has 1 aromatic rings. The highest BCUT2D eigenvalue weighted by Gasteiger charge is 2.43. The fraction of sp³-hybridized carbons (Fsp3) is 0.308. The summed E-state index contributed by atoms with van der Waals surface area (Å²) in [7, 11) is 3.19. The molecule has 0 radical (unpaired) electrons. The van der Waals surface area contributed by atoms with Crippen molar-refractivity contribution >= 4 is 17.8 Å². The SMILES string of the molecule is CN1C(=O)C(=O)N(C[NH+](C)Cc2ccccc2)C1=O. The van der Waals surface area contributed by atoms with Gasteiger partial charge in [0, 0.05) is 12.6 Å². The molecule has 1 aromatic carbocycles. The third-order valence-electron chi connectivity index (χ3n) is 3.03. The van der Waals surface area contributed by atoms with Gasteiger partial charge in [-0.1, -0.05) is 30.3 Å². The van der Waals surface area contributed by atoms with E-state index in [1.54, 1.807) is 0 Å². The molecule has 0 aliphatic carbocycles. The maximum absolute atomic E-state index is 11.7. The van der Waals surface area contributed by atoms with Gasteiger partial charge in [0.25, 0.3) is 0 Å². The first-order valence-corrected chi connectivity index (χ1v) is 5.99. The van der Waals surface area contributed by atoms with Gasteiger partial charge in [0.2, 0.25) is 0 Å². The molecule has 100 valence electrons. The number of nitrogens with zero attached hydrogens (tertiary/aromatic N) is 2. The molecule has 0 bridgehead atoms. The topological polar surface area (TPSA) is 62.1 Å². The Morgan fingerprint density at radius 2 is 1.68 bits per heavy atom. The molecule has 0 aromatic heterocycles. The number of amides is 4. The third-order valence-corrected chi connectivity index (χ3v) is 3.03. The van der Waals surface area contributed by atoms with Gasteiger partial charge in [-0.15, -0.1) is 0 Å². The van der Waals surface area contributed by atoms with Crippen LogP contribution < -0.4 is 4.90 Å². The largest absolute Gasteiger partial charge is 0.338 e. The van der Waals surface area contributed by atoms with Crippen molar-refractivity contribution < 1.29 is 19.3 Å². The molecule has 1 heterocycles. The molecule has 1 atom stereocenters. The zero-order valence-electron chi connectivity index (χ0n) is 10.9. The summed E-state index contributed by atoms with van der Waals surface area (Å²) in [6.07, 6.45) is 0. The number of carbonyl (C=O) groups is 3. The first-order chi connectivity index (χ1) is 9.00. The minimum Gasteiger partial charge on any atom is -0.316 e. The number of hydrogen-bond acceptors (Lipinski definition) is 3. The van der Waals surface area contributed by atoms with Crippen LogP contribution >= 0.6 is 0 Å². The maximum atomic E-state index is 11.7. The molecule has 1 saturated heterocycles. The van der Waals surface area contributed by atoms with Crippen LogP contribution in [0.25, 0.3) is 0 Å². The normalized spacial score (nSPS) is 17.3. The van der Waals surface area contributed by atoms with Crippen LogP contribution in [0.2, 0.25) is 0 Å². The second kappa shape index (κ2) is 5.19. The van der Waals surface area contributed by atoms with Crippen molar-refractivity contribution in [1.82, 2.24) is 9.80 Å². The van der Waals surface area contributed by atoms with E-state index in [1.807, 2.05) is 37.4 Å². The van der Waals surface area contributed by atoms with Gasteiger partial charge in [-0.3, -0.25) is 14.5 Å². The summed E-state index contributed by atoms with van der Waals surface area (Å²) in [6.45, 7) is 0.860. The summed E-state index contributed by atoms with van der Waals surface area (Å²) in [5.74, 6) is -1.52. The molecule has 1 fully saturated rings. The molecule has 6 heteroatoms. The Bertz CT molecular complexity index is 515. The zero-order chi connectivity index (χ0) is 14.0. The molecule has 4 amide bonds. The Morgan fingerprint density at radius 1 is 1.05 bits per heavy atom. The quantitative estimate of drug-likeness (QED) is 0.564. The molecule has 1 aliphatic heterocycles. The number of carbonyl (C=O) groups excluding carboxylic acids is 3. The van der Waals surface area contributed by atoms with E-state index in [1.165, 1.54) is 7.05 Å². The third kappa shape index (κ3) is 2.63. The van der Waals surface area contributed by atoms with Gasteiger partial charge in [-0.05, 0) is 0 Å². The molecule has 1 N–H and O–H groups in total. The number of imide groups is 2. The number of benzene rings is 1. The highest BCUT2D eigenvalue weighted by atomic mass is 16.2. The van der Waals surface area contributed by atoms with Crippen LogP contribution in [0.1, 0.15) is 5.56 Å². The van der Waals surface area contributed by atoms with Gasteiger partial charge in [0.15, 0.2) is 6.67 Å². The van der Waals surface area contributed by atoms with Crippen LogP contribution in [0.15, 0.2) is 30.3 Å². The fourth-order valence-electron chi connectivity index (χ4n) is 2.02. The van der Waals surface area contributed by atoms with Crippen LogP contribution in [0, 0.1) is 0 Å². The molecule has 0 saturated carbocycles. The molecule has 6 nitrogen and oxygen atoms in total. The van der Waals surface area contributed by atoms with Crippen LogP contribution in [0.3, 0.4) is 0 Å². The number of likely N-dealkylation sites (N-methyl/N-ethyl adjacent to an activating group) is 1. The predicted octanol–water partition coefficient (Wildman–Crippen LogP) is -0.921. The highest BCUT2D eigenvalue weighted by Crippen LogP contribution is 2.07. The zero-order valence-corrected chi connectivity index (χ0v) is 10.9. The van der Waals surface area contributed by atoms with Crippen molar-refractivity contribution in [2.24, 2.45) is 0 Å². The summed E-state index contributed by atoms with van der Waals surface area (Å²) in [6, 6.07) is 9.21. The lowest BCUT2D eigenvalue weighted by Crippen LogP contribution is -3.09. The monoisotopic (exact) mass is 262 g/mol. The number of quaternary nitrogens is 1. The van der Waals surface area contributed by atoms with E-state index in [-0.39, 0.29) is 6.67 Å². The van der Waals surface area contributed by atoms with E-state index in [0.29, 0.717) is 6.54 Å². The lowest BCUT2D eigenvalue weighted by molar-refractivity contribution is -0.901. The van der Waals surface area contributed by atoms with Crippen LogP contribution in [0.5, 0.6) is 0 Å². The van der Waals surface area contributed by atoms with Crippen molar-refractivity contribution in [3.05, 3.63) is 35.9 Å². The highest BCUT2D eigenvalue weighted by molar-refractivity contribution is 6.44. The van der Waals surface area contributed by atoms with E-state index in [9.17, 15) is 14.4 Å². The minimum absolute atomic E-state index is 0.183. The predicted molar refractivity (Wildman–Crippen MR) is 66.9 cm³/mol. The van der Waals surface area contributed by atoms with Crippen LogP contribution in [0.4, 0.5) is 4.79 Å². The first kappa shape index (κ1) is 13.2. The van der Waals surface area contributed by atoms with Gasteiger partial charge >= 0.3 is 17.8 Å². The van der Waals surface area contributed by atoms with Gasteiger partial charge in [0.1, 0.15) is 6.54 Å². The average Bonchev–Trinajstić information content (AvgIpc) is 2.58. The molecular formula is C13H16N3O3+. The van der Waals surface area contributed by atoms with Gasteiger partial charge in [-0.25, -0.2) is 9.69 Å². The van der Waals surface area contributed by atoms with E-state index in [4.69, 9.17) is 0 Å². The number of nitrogens with one attached hydrogen (secondary N) is 1. The molecule has 1 unspecified atom stereocenters. The Kier molecular flexibility index (Phi) is 3.62. The summed E-state index contributed by atoms with van der Waals surface area (Å²) in [5.41, 5.74) is 1.11. The van der Waals surface area contributed by atoms with Crippen molar-refractivity contribution in [2.75, 3.05) is 20.8 Å². The maximum Gasteiger partial charge on any atom is 0.338 e. The van der Waals surface area contributed by atoms with Crippen LogP contribution in [-0.4, -0.2) is 48.4 Å². The minimum atomic E-state index is -0.766. The number of urea groups is 1. The Labute approximate surface area is 111 Å². The summed E-state index contributed by atoms with van der Waals surface area (Å²) < 4.78 is 0. The number of hydrogen-bond donors (Lipinski definition) is 1. The lowest BCUT2D eigenvalue weighted by atomic mass is 10.2. The van der Waals surface area contributed by atoms with Crippen LogP contribution in [-0.2, 0) is 16.1 Å². The van der Waals surface area contributed by atoms with E-state index in [2.05, 4.69) is 0 Å². The standard InChI is InChI=1S/C13H15N3O3/c1-14(8-10-6-4-3-5-7-10)9-16-12(18)11(17)15(2)13(16)19/h3-7H,8-9H2,1-2H3/p+1. The fourth-order valence-corrected chi connectivity index (χ4v) is 2.02. The molecule has 0 spiro atoms. The summed E-state index contributed by atoms with van der Waals surface area (Å²) in [5, 5.41) is 0. The summed E-state index contributed by atoms with van der Waals surface area (Å²) >= 11 is 0. The van der Waals surface area contributed by atoms with Crippen molar-refractivity contribution in [2.45, 2.75) is 6.54 Å². The Morgan fingerprint density at radius 3 is 2.21 bits per heavy atom. The van der Waals surface area contributed by atoms with E-state index < -0.39 is 17.8 Å². The summed E-state index contributed by atoms with van der Waals surface area (Å²) in [4.78, 5) is 37.5. The second-order valence-electron chi connectivity index (χ2n) is 4.66. The van der Waals surface area contributed by atoms with Crippen molar-refractivity contribution in [1.29, 1.82) is 0 Å². The smallest absolute Gasteiger partial charge is 0.316 e. The van der Waals surface area contributed by atoms with E-state index >= 15 is 0 Å². The van der Waals surface area contributed by atoms with Crippen molar-refractivity contribution in [3.8, 4) is 0 Å². The Balaban J connectivity index is 2.00. The molecular weight excluding hydrogens is 246 g/mol. The van der Waals surface area contributed by atoms with Gasteiger partial charge in [0.05, 0.1) is 7.05 Å². The number of rotatable bonds is 4. The van der Waals surface area contributed by atoms with Gasteiger partial charge < -0.3 is 4.90 Å². The average molecular weight is 262 g/mol. The second-order valence-corrected chi connectivity index (χ2v) is 4.66. The Hall–Kier alpha value is -2.21. The van der Waals surface area contributed by atoms with E-state index in [0.717, 1.165) is 20.3 Å². The first-order valence-electron chi connectivity index (χ1n) is 5.99. The molecule has 1 aliphatic rings. The molecule has 19 heavy (non-hydrogen) atoms. The van der Waals surface area contributed by atoms with Gasteiger partial charge in [-0.2, -0.15) is 0 Å². The molecule has 2 rings (SSSR count). The lowest BCUT2D eigenvalue weighted by Gasteiger charge is -2.19. The van der Waals surface area contributed by atoms with Crippen molar-refractivity contribution in [3.63, 3.8) is 0 Å².